The molecule has 1 aliphatic heterocycles. The van der Waals surface area contributed by atoms with Gasteiger partial charge in [0.2, 0.25) is 17.7 Å². The van der Waals surface area contributed by atoms with Crippen molar-refractivity contribution in [2.75, 3.05) is 6.54 Å². The third kappa shape index (κ3) is 4.16. The summed E-state index contributed by atoms with van der Waals surface area (Å²) in [6.45, 7) is 3.02. The van der Waals surface area contributed by atoms with E-state index >= 15 is 0 Å². The first kappa shape index (κ1) is 16.9. The average Bonchev–Trinajstić information content (AvgIpc) is 2.78. The van der Waals surface area contributed by atoms with E-state index in [-0.39, 0.29) is 25.3 Å². The van der Waals surface area contributed by atoms with E-state index < -0.39 is 35.9 Å². The number of carbonyl (C=O) groups excluding carboxylic acids is 3. The molecular weight excluding hydrogens is 276 g/mol. The fourth-order valence-electron chi connectivity index (χ4n) is 2.42. The Morgan fingerprint density at radius 2 is 2.14 bits per heavy atom. The lowest BCUT2D eigenvalue weighted by atomic mass is 9.98. The molecular formula is C13H20N4O4. The van der Waals surface area contributed by atoms with Gasteiger partial charge in [-0.25, -0.2) is 0 Å². The molecule has 1 fully saturated rings. The van der Waals surface area contributed by atoms with Crippen LogP contribution in [-0.2, 0) is 14.4 Å². The molecule has 0 saturated carbocycles. The molecule has 4 N–H and O–H groups in total. The van der Waals surface area contributed by atoms with Crippen molar-refractivity contribution in [3.8, 4) is 6.07 Å². The van der Waals surface area contributed by atoms with E-state index in [1.54, 1.807) is 6.92 Å². The molecule has 8 heteroatoms. The summed E-state index contributed by atoms with van der Waals surface area (Å²) in [4.78, 5) is 36.4. The molecule has 116 valence electrons. The van der Waals surface area contributed by atoms with Crippen LogP contribution in [0.4, 0.5) is 0 Å². The van der Waals surface area contributed by atoms with Gasteiger partial charge in [0.1, 0.15) is 12.1 Å². The Balaban J connectivity index is 2.80. The fraction of sp³-hybridized carbons (Fsp3) is 0.692. The zero-order chi connectivity index (χ0) is 16.2. The molecule has 1 saturated heterocycles. The Morgan fingerprint density at radius 3 is 2.62 bits per heavy atom. The molecule has 3 amide bonds. The van der Waals surface area contributed by atoms with Crippen LogP contribution in [0, 0.1) is 17.2 Å². The Kier molecular flexibility index (Phi) is 5.67. The summed E-state index contributed by atoms with van der Waals surface area (Å²) in [5.74, 6) is -2.05. The molecule has 4 atom stereocenters. The van der Waals surface area contributed by atoms with E-state index in [0.717, 1.165) is 0 Å². The van der Waals surface area contributed by atoms with Gasteiger partial charge in [-0.3, -0.25) is 14.4 Å². The predicted octanol–water partition coefficient (Wildman–Crippen LogP) is -1.51. The number of hydrogen-bond donors (Lipinski definition) is 3. The van der Waals surface area contributed by atoms with Gasteiger partial charge in [-0.2, -0.15) is 5.26 Å². The second-order valence-corrected chi connectivity index (χ2v) is 5.30. The minimum atomic E-state index is -0.983. The normalized spacial score (nSPS) is 24.0. The first-order valence-electron chi connectivity index (χ1n) is 6.69. The topological polar surface area (TPSA) is 137 Å². The molecule has 21 heavy (non-hydrogen) atoms. The largest absolute Gasteiger partial charge is 0.391 e. The molecule has 0 aromatic rings. The van der Waals surface area contributed by atoms with Crippen LogP contribution >= 0.6 is 0 Å². The number of carbonyl (C=O) groups is 3. The van der Waals surface area contributed by atoms with Crippen molar-refractivity contribution in [2.45, 2.75) is 44.9 Å². The van der Waals surface area contributed by atoms with Gasteiger partial charge in [0.15, 0.2) is 0 Å². The highest BCUT2D eigenvalue weighted by Crippen LogP contribution is 2.19. The zero-order valence-corrected chi connectivity index (χ0v) is 12.1. The second-order valence-electron chi connectivity index (χ2n) is 5.30. The Morgan fingerprint density at radius 1 is 1.52 bits per heavy atom. The van der Waals surface area contributed by atoms with Gasteiger partial charge in [-0.1, -0.05) is 6.92 Å². The van der Waals surface area contributed by atoms with Crippen molar-refractivity contribution in [1.82, 2.24) is 10.2 Å². The summed E-state index contributed by atoms with van der Waals surface area (Å²) in [6.07, 6.45) is -0.589. The van der Waals surface area contributed by atoms with Gasteiger partial charge < -0.3 is 21.1 Å². The number of nitriles is 1. The van der Waals surface area contributed by atoms with Crippen molar-refractivity contribution < 1.29 is 19.5 Å². The number of aliphatic hydroxyl groups is 1. The number of nitrogens with two attached hydrogens (primary N) is 1. The maximum Gasteiger partial charge on any atom is 0.243 e. The molecule has 1 heterocycles. The van der Waals surface area contributed by atoms with Gasteiger partial charge in [-0.15, -0.1) is 0 Å². The molecule has 0 unspecified atom stereocenters. The van der Waals surface area contributed by atoms with Gasteiger partial charge in [0, 0.05) is 26.3 Å². The Labute approximate surface area is 122 Å². The molecule has 8 nitrogen and oxygen atoms in total. The minimum absolute atomic E-state index is 0.0671. The highest BCUT2D eigenvalue weighted by atomic mass is 16.3. The predicted molar refractivity (Wildman–Crippen MR) is 72.3 cm³/mol. The fourth-order valence-corrected chi connectivity index (χ4v) is 2.42. The SMILES string of the molecule is CC(=O)N1C[C@H](O)C[C@H]1C(=O)N[C@@H](C(N)=O)[C@@H](C)CC#N. The third-order valence-corrected chi connectivity index (χ3v) is 3.57. The van der Waals surface area contributed by atoms with E-state index in [1.807, 2.05) is 6.07 Å². The number of likely N-dealkylation sites (tertiary alicyclic amines) is 1. The molecule has 0 aromatic carbocycles. The summed E-state index contributed by atoms with van der Waals surface area (Å²) >= 11 is 0. The summed E-state index contributed by atoms with van der Waals surface area (Å²) in [5, 5.41) is 20.7. The van der Waals surface area contributed by atoms with E-state index in [4.69, 9.17) is 11.0 Å². The number of amides is 3. The first-order chi connectivity index (χ1) is 9.77. The summed E-state index contributed by atoms with van der Waals surface area (Å²) in [7, 11) is 0. The smallest absolute Gasteiger partial charge is 0.243 e. The molecule has 1 aliphatic rings. The van der Waals surface area contributed by atoms with Crippen LogP contribution < -0.4 is 11.1 Å². The van der Waals surface area contributed by atoms with Gasteiger partial charge in [0.25, 0.3) is 0 Å². The van der Waals surface area contributed by atoms with Crippen LogP contribution in [0.5, 0.6) is 0 Å². The standard InChI is InChI=1S/C13H20N4O4/c1-7(3-4-14)11(12(15)20)16-13(21)10-5-9(19)6-17(10)8(2)18/h7,9-11,19H,3,5-6H2,1-2H3,(H2,15,20)(H,16,21)/t7-,9+,10-,11+/m0/s1. The monoisotopic (exact) mass is 296 g/mol. The maximum atomic E-state index is 12.2. The highest BCUT2D eigenvalue weighted by molar-refractivity contribution is 5.91. The number of aliphatic hydroxyl groups excluding tert-OH is 1. The molecule has 0 radical (unpaired) electrons. The van der Waals surface area contributed by atoms with Crippen molar-refractivity contribution in [3.05, 3.63) is 0 Å². The molecule has 0 spiro atoms. The summed E-state index contributed by atoms with van der Waals surface area (Å²) in [6, 6.07) is 0.108. The van der Waals surface area contributed by atoms with Crippen molar-refractivity contribution in [3.63, 3.8) is 0 Å². The van der Waals surface area contributed by atoms with Crippen LogP contribution in [0.2, 0.25) is 0 Å². The summed E-state index contributed by atoms with van der Waals surface area (Å²) < 4.78 is 0. The van der Waals surface area contributed by atoms with Crippen LogP contribution in [-0.4, -0.2) is 52.5 Å². The number of hydrogen-bond acceptors (Lipinski definition) is 5. The maximum absolute atomic E-state index is 12.2. The van der Waals surface area contributed by atoms with Crippen molar-refractivity contribution in [1.29, 1.82) is 5.26 Å². The number of rotatable bonds is 5. The third-order valence-electron chi connectivity index (χ3n) is 3.57. The lowest BCUT2D eigenvalue weighted by molar-refractivity contribution is -0.138. The van der Waals surface area contributed by atoms with Gasteiger partial charge in [0.05, 0.1) is 12.2 Å². The first-order valence-corrected chi connectivity index (χ1v) is 6.69. The number of nitrogens with zero attached hydrogens (tertiary/aromatic N) is 2. The zero-order valence-electron chi connectivity index (χ0n) is 12.1. The number of nitrogens with one attached hydrogen (secondary N) is 1. The summed E-state index contributed by atoms with van der Waals surface area (Å²) in [5.41, 5.74) is 5.24. The van der Waals surface area contributed by atoms with Crippen molar-refractivity contribution in [2.24, 2.45) is 11.7 Å². The van der Waals surface area contributed by atoms with E-state index in [0.29, 0.717) is 0 Å². The lowest BCUT2D eigenvalue weighted by Gasteiger charge is -2.26. The Hall–Kier alpha value is -2.14. The van der Waals surface area contributed by atoms with Gasteiger partial charge >= 0.3 is 0 Å². The highest BCUT2D eigenvalue weighted by Gasteiger charge is 2.39. The quantitative estimate of drug-likeness (QED) is 0.566. The molecule has 0 aromatic heterocycles. The molecule has 0 bridgehead atoms. The van der Waals surface area contributed by atoms with Crippen molar-refractivity contribution >= 4 is 17.7 Å². The van der Waals surface area contributed by atoms with E-state index in [2.05, 4.69) is 5.32 Å². The van der Waals surface area contributed by atoms with Crippen LogP contribution in [0.25, 0.3) is 0 Å². The lowest BCUT2D eigenvalue weighted by Crippen LogP contribution is -2.54. The van der Waals surface area contributed by atoms with Gasteiger partial charge in [-0.05, 0) is 5.92 Å². The number of primary amides is 1. The molecule has 0 aliphatic carbocycles. The Bertz CT molecular complexity index is 473. The molecule has 1 rings (SSSR count). The minimum Gasteiger partial charge on any atom is -0.391 e. The van der Waals surface area contributed by atoms with E-state index in [1.165, 1.54) is 11.8 Å². The van der Waals surface area contributed by atoms with Crippen LogP contribution in [0.1, 0.15) is 26.7 Å². The van der Waals surface area contributed by atoms with Crippen LogP contribution in [0.3, 0.4) is 0 Å². The second kappa shape index (κ2) is 7.04. The van der Waals surface area contributed by atoms with Crippen LogP contribution in [0.15, 0.2) is 0 Å². The number of β-amino-alcohol motifs (C(OH)–C–C–N with tert-alkyl or cyclic N) is 1. The van der Waals surface area contributed by atoms with E-state index in [9.17, 15) is 19.5 Å². The average molecular weight is 296 g/mol.